The van der Waals surface area contributed by atoms with Crippen LogP contribution in [-0.2, 0) is 11.3 Å². The Morgan fingerprint density at radius 2 is 2.04 bits per heavy atom. The van der Waals surface area contributed by atoms with Crippen LogP contribution in [0.4, 0.5) is 4.39 Å². The summed E-state index contributed by atoms with van der Waals surface area (Å²) >= 11 is 0. The molecule has 0 unspecified atom stereocenters. The van der Waals surface area contributed by atoms with E-state index in [0.29, 0.717) is 18.2 Å². The van der Waals surface area contributed by atoms with Gasteiger partial charge in [-0.1, -0.05) is 0 Å². The first-order valence-electron chi connectivity index (χ1n) is 8.31. The molecule has 7 heteroatoms. The van der Waals surface area contributed by atoms with Crippen LogP contribution in [0.1, 0.15) is 31.4 Å². The lowest BCUT2D eigenvalue weighted by molar-refractivity contribution is -0.127. The van der Waals surface area contributed by atoms with Gasteiger partial charge in [0.25, 0.3) is 11.5 Å². The number of rotatable bonds is 7. The molecule has 1 aromatic carbocycles. The minimum Gasteiger partial charge on any atom is -0.481 e. The van der Waals surface area contributed by atoms with Crippen molar-refractivity contribution >= 4 is 5.91 Å². The fourth-order valence-electron chi connectivity index (χ4n) is 2.42. The highest BCUT2D eigenvalue weighted by Gasteiger charge is 2.25. The van der Waals surface area contributed by atoms with Crippen molar-refractivity contribution in [3.05, 3.63) is 58.3 Å². The molecular weight excluding hydrogens is 325 g/mol. The third-order valence-electron chi connectivity index (χ3n) is 4.00. The van der Waals surface area contributed by atoms with Gasteiger partial charge in [-0.2, -0.15) is 5.10 Å². The minimum atomic E-state index is -0.729. The third kappa shape index (κ3) is 4.65. The van der Waals surface area contributed by atoms with Crippen molar-refractivity contribution in [1.29, 1.82) is 0 Å². The number of carbonyl (C=O) groups is 1. The fourth-order valence-corrected chi connectivity index (χ4v) is 2.42. The Hall–Kier alpha value is -2.70. The first-order chi connectivity index (χ1) is 12.0. The number of halogens is 1. The highest BCUT2D eigenvalue weighted by molar-refractivity contribution is 5.80. The Morgan fingerprint density at radius 1 is 1.32 bits per heavy atom. The van der Waals surface area contributed by atoms with Gasteiger partial charge in [0.1, 0.15) is 11.6 Å². The molecule has 1 fully saturated rings. The van der Waals surface area contributed by atoms with Crippen molar-refractivity contribution in [3.8, 4) is 5.75 Å². The zero-order chi connectivity index (χ0) is 17.8. The van der Waals surface area contributed by atoms with E-state index in [0.717, 1.165) is 18.5 Å². The normalized spacial score (nSPS) is 14.8. The van der Waals surface area contributed by atoms with Gasteiger partial charge in [-0.3, -0.25) is 9.59 Å². The zero-order valence-electron chi connectivity index (χ0n) is 13.9. The summed E-state index contributed by atoms with van der Waals surface area (Å²) in [5, 5.41) is 7.05. The van der Waals surface area contributed by atoms with Crippen LogP contribution in [0, 0.1) is 5.82 Å². The van der Waals surface area contributed by atoms with E-state index in [2.05, 4.69) is 10.4 Å². The van der Waals surface area contributed by atoms with Gasteiger partial charge < -0.3 is 10.1 Å². The Balaban J connectivity index is 1.49. The lowest BCUT2D eigenvalue weighted by Gasteiger charge is -2.15. The maximum absolute atomic E-state index is 12.9. The second kappa shape index (κ2) is 7.46. The van der Waals surface area contributed by atoms with Crippen molar-refractivity contribution < 1.29 is 13.9 Å². The number of aromatic nitrogens is 2. The predicted molar refractivity (Wildman–Crippen MR) is 90.0 cm³/mol. The number of nitrogens with zero attached hydrogens (tertiary/aromatic N) is 2. The quantitative estimate of drug-likeness (QED) is 0.831. The number of benzene rings is 1. The highest BCUT2D eigenvalue weighted by Crippen LogP contribution is 2.38. The van der Waals surface area contributed by atoms with Crippen molar-refractivity contribution in [2.45, 2.75) is 38.3 Å². The Morgan fingerprint density at radius 3 is 2.72 bits per heavy atom. The molecule has 0 saturated heterocycles. The van der Waals surface area contributed by atoms with Crippen LogP contribution >= 0.6 is 0 Å². The molecule has 1 aliphatic carbocycles. The molecule has 3 rings (SSSR count). The summed E-state index contributed by atoms with van der Waals surface area (Å²) < 4.78 is 19.7. The first-order valence-corrected chi connectivity index (χ1v) is 8.31. The summed E-state index contributed by atoms with van der Waals surface area (Å²) in [6, 6.07) is 8.75. The van der Waals surface area contributed by atoms with Gasteiger partial charge in [0.05, 0.1) is 12.2 Å². The van der Waals surface area contributed by atoms with Crippen molar-refractivity contribution in [2.75, 3.05) is 6.54 Å². The standard InChI is InChI=1S/C18H20FN3O3/c1-12(25-15-6-4-14(19)5-7-15)18(24)20-10-11-22-17(23)9-8-16(21-22)13-2-3-13/h4-9,12-13H,2-3,10-11H2,1H3,(H,20,24)/t12-/m0/s1. The molecule has 0 aliphatic heterocycles. The number of carbonyl (C=O) groups excluding carboxylic acids is 1. The summed E-state index contributed by atoms with van der Waals surface area (Å²) in [4.78, 5) is 23.9. The molecule has 1 heterocycles. The van der Waals surface area contributed by atoms with E-state index < -0.39 is 6.10 Å². The smallest absolute Gasteiger partial charge is 0.266 e. The molecule has 1 aliphatic rings. The topological polar surface area (TPSA) is 73.2 Å². The van der Waals surface area contributed by atoms with Crippen LogP contribution in [0.2, 0.25) is 0 Å². The van der Waals surface area contributed by atoms with Crippen LogP contribution in [0.15, 0.2) is 41.2 Å². The number of hydrogen-bond donors (Lipinski definition) is 1. The molecule has 1 atom stereocenters. The summed E-state index contributed by atoms with van der Waals surface area (Å²) in [5.41, 5.74) is 0.744. The molecule has 0 radical (unpaired) electrons. The van der Waals surface area contributed by atoms with E-state index in [9.17, 15) is 14.0 Å². The molecule has 132 valence electrons. The van der Waals surface area contributed by atoms with E-state index in [1.54, 1.807) is 13.0 Å². The zero-order valence-corrected chi connectivity index (χ0v) is 13.9. The van der Waals surface area contributed by atoms with Gasteiger partial charge in [-0.25, -0.2) is 9.07 Å². The average molecular weight is 345 g/mol. The van der Waals surface area contributed by atoms with Crippen LogP contribution in [-0.4, -0.2) is 28.3 Å². The molecule has 1 saturated carbocycles. The number of hydrogen-bond acceptors (Lipinski definition) is 4. The second-order valence-corrected chi connectivity index (χ2v) is 6.10. The van der Waals surface area contributed by atoms with Gasteiger partial charge in [0, 0.05) is 18.5 Å². The van der Waals surface area contributed by atoms with Crippen molar-refractivity contribution in [2.24, 2.45) is 0 Å². The molecule has 0 spiro atoms. The fraction of sp³-hybridized carbons (Fsp3) is 0.389. The monoisotopic (exact) mass is 345 g/mol. The van der Waals surface area contributed by atoms with Gasteiger partial charge in [0.15, 0.2) is 6.10 Å². The van der Waals surface area contributed by atoms with E-state index >= 15 is 0 Å². The third-order valence-corrected chi connectivity index (χ3v) is 4.00. The molecule has 2 aromatic rings. The van der Waals surface area contributed by atoms with Crippen LogP contribution < -0.4 is 15.6 Å². The van der Waals surface area contributed by atoms with Gasteiger partial charge >= 0.3 is 0 Å². The van der Waals surface area contributed by atoms with E-state index in [4.69, 9.17) is 4.74 Å². The van der Waals surface area contributed by atoms with Gasteiger partial charge in [-0.05, 0) is 50.1 Å². The van der Waals surface area contributed by atoms with Crippen molar-refractivity contribution in [3.63, 3.8) is 0 Å². The van der Waals surface area contributed by atoms with Crippen LogP contribution in [0.25, 0.3) is 0 Å². The number of nitrogens with one attached hydrogen (secondary N) is 1. The van der Waals surface area contributed by atoms with Crippen molar-refractivity contribution in [1.82, 2.24) is 15.1 Å². The largest absolute Gasteiger partial charge is 0.481 e. The number of amides is 1. The van der Waals surface area contributed by atoms with Gasteiger partial charge in [0.2, 0.25) is 0 Å². The van der Waals surface area contributed by atoms with E-state index in [1.165, 1.54) is 35.0 Å². The molecule has 6 nitrogen and oxygen atoms in total. The minimum absolute atomic E-state index is 0.186. The Bertz CT molecular complexity index is 800. The SMILES string of the molecule is C[C@H](Oc1ccc(F)cc1)C(=O)NCCn1nc(C2CC2)ccc1=O. The maximum Gasteiger partial charge on any atom is 0.266 e. The molecular formula is C18H20FN3O3. The Kier molecular flexibility index (Phi) is 5.11. The molecule has 1 amide bonds. The lowest BCUT2D eigenvalue weighted by atomic mass is 10.3. The van der Waals surface area contributed by atoms with Crippen LogP contribution in [0.3, 0.4) is 0 Å². The average Bonchev–Trinajstić information content (AvgIpc) is 3.43. The Labute approximate surface area is 144 Å². The summed E-state index contributed by atoms with van der Waals surface area (Å²) in [5.74, 6) is 0.205. The summed E-state index contributed by atoms with van der Waals surface area (Å²) in [6.45, 7) is 2.18. The van der Waals surface area contributed by atoms with E-state index in [1.807, 2.05) is 0 Å². The summed E-state index contributed by atoms with van der Waals surface area (Å²) in [6.07, 6.45) is 1.49. The summed E-state index contributed by atoms with van der Waals surface area (Å²) in [7, 11) is 0. The molecule has 1 aromatic heterocycles. The molecule has 0 bridgehead atoms. The van der Waals surface area contributed by atoms with Crippen LogP contribution in [0.5, 0.6) is 5.75 Å². The number of ether oxygens (including phenoxy) is 1. The lowest BCUT2D eigenvalue weighted by Crippen LogP contribution is -2.39. The maximum atomic E-state index is 12.9. The van der Waals surface area contributed by atoms with Gasteiger partial charge in [-0.15, -0.1) is 0 Å². The second-order valence-electron chi connectivity index (χ2n) is 6.10. The first kappa shape index (κ1) is 17.1. The predicted octanol–water partition coefficient (Wildman–Crippen LogP) is 1.84. The van der Waals surface area contributed by atoms with E-state index in [-0.39, 0.29) is 23.8 Å². The highest BCUT2D eigenvalue weighted by atomic mass is 19.1. The molecule has 1 N–H and O–H groups in total. The molecule has 25 heavy (non-hydrogen) atoms.